The first-order valence-corrected chi connectivity index (χ1v) is 7.33. The maximum Gasteiger partial charge on any atom is 0.122 e. The summed E-state index contributed by atoms with van der Waals surface area (Å²) in [6, 6.07) is 14.5. The van der Waals surface area contributed by atoms with Crippen LogP contribution in [0.4, 0.5) is 5.69 Å². The molecule has 21 heavy (non-hydrogen) atoms. The Balaban J connectivity index is 2.07. The van der Waals surface area contributed by atoms with Crippen molar-refractivity contribution < 1.29 is 4.74 Å². The van der Waals surface area contributed by atoms with E-state index in [2.05, 4.69) is 43.8 Å². The van der Waals surface area contributed by atoms with Gasteiger partial charge in [0.15, 0.2) is 0 Å². The van der Waals surface area contributed by atoms with E-state index >= 15 is 0 Å². The number of anilines is 1. The first-order chi connectivity index (χ1) is 10.1. The standard InChI is InChI=1S/C18H24N2O/c1-13(2)17-11-15(14(3)10-18(17)21-4)12-19-20-16-8-6-5-7-9-16/h5-11,13,19-20H,12H2,1-4H3. The number of para-hydroxylation sites is 1. The van der Waals surface area contributed by atoms with Crippen LogP contribution in [0.3, 0.4) is 0 Å². The van der Waals surface area contributed by atoms with Crippen LogP contribution in [0.1, 0.15) is 36.5 Å². The molecule has 0 saturated heterocycles. The number of rotatable bonds is 6. The lowest BCUT2D eigenvalue weighted by Crippen LogP contribution is -2.21. The fourth-order valence-corrected chi connectivity index (χ4v) is 2.33. The molecule has 3 heteroatoms. The zero-order valence-corrected chi connectivity index (χ0v) is 13.2. The molecule has 0 bridgehead atoms. The summed E-state index contributed by atoms with van der Waals surface area (Å²) in [5.74, 6) is 1.42. The van der Waals surface area contributed by atoms with E-state index in [0.717, 1.165) is 18.0 Å². The van der Waals surface area contributed by atoms with Gasteiger partial charge in [0.2, 0.25) is 0 Å². The average molecular weight is 284 g/mol. The SMILES string of the molecule is COc1cc(C)c(CNNc2ccccc2)cc1C(C)C. The van der Waals surface area contributed by atoms with Crippen molar-refractivity contribution in [1.82, 2.24) is 5.43 Å². The zero-order chi connectivity index (χ0) is 15.2. The third-order valence-electron chi connectivity index (χ3n) is 3.60. The Kier molecular flexibility index (Phi) is 5.23. The highest BCUT2D eigenvalue weighted by molar-refractivity contribution is 5.45. The van der Waals surface area contributed by atoms with Gasteiger partial charge in [0.25, 0.3) is 0 Å². The van der Waals surface area contributed by atoms with Crippen molar-refractivity contribution in [3.05, 3.63) is 59.2 Å². The number of hydrogen-bond donors (Lipinski definition) is 2. The normalized spacial score (nSPS) is 10.7. The molecule has 3 nitrogen and oxygen atoms in total. The third-order valence-corrected chi connectivity index (χ3v) is 3.60. The van der Waals surface area contributed by atoms with Crippen LogP contribution >= 0.6 is 0 Å². The minimum absolute atomic E-state index is 0.446. The molecule has 112 valence electrons. The predicted molar refractivity (Wildman–Crippen MR) is 88.7 cm³/mol. The highest BCUT2D eigenvalue weighted by Crippen LogP contribution is 2.29. The largest absolute Gasteiger partial charge is 0.496 e. The molecular formula is C18H24N2O. The molecule has 0 aliphatic carbocycles. The molecule has 2 rings (SSSR count). The highest BCUT2D eigenvalue weighted by atomic mass is 16.5. The topological polar surface area (TPSA) is 33.3 Å². The summed E-state index contributed by atoms with van der Waals surface area (Å²) >= 11 is 0. The van der Waals surface area contributed by atoms with Crippen molar-refractivity contribution in [2.24, 2.45) is 0 Å². The molecule has 2 N–H and O–H groups in total. The van der Waals surface area contributed by atoms with E-state index in [0.29, 0.717) is 5.92 Å². The van der Waals surface area contributed by atoms with Crippen molar-refractivity contribution in [3.8, 4) is 5.75 Å². The number of hydrogen-bond acceptors (Lipinski definition) is 3. The van der Waals surface area contributed by atoms with Gasteiger partial charge in [-0.1, -0.05) is 38.1 Å². The Bertz CT molecular complexity index is 579. The number of methoxy groups -OCH3 is 1. The van der Waals surface area contributed by atoms with Crippen LogP contribution in [0.15, 0.2) is 42.5 Å². The van der Waals surface area contributed by atoms with E-state index < -0.39 is 0 Å². The van der Waals surface area contributed by atoms with Gasteiger partial charge in [-0.25, -0.2) is 5.43 Å². The molecular weight excluding hydrogens is 260 g/mol. The van der Waals surface area contributed by atoms with E-state index in [4.69, 9.17) is 4.74 Å². The summed E-state index contributed by atoms with van der Waals surface area (Å²) in [5, 5.41) is 0. The lowest BCUT2D eigenvalue weighted by Gasteiger charge is -2.17. The predicted octanol–water partition coefficient (Wildman–Crippen LogP) is 4.24. The van der Waals surface area contributed by atoms with E-state index in [1.54, 1.807) is 7.11 Å². The second-order valence-electron chi connectivity index (χ2n) is 5.52. The van der Waals surface area contributed by atoms with Gasteiger partial charge in [-0.3, -0.25) is 0 Å². The Morgan fingerprint density at radius 3 is 2.43 bits per heavy atom. The zero-order valence-electron chi connectivity index (χ0n) is 13.2. The molecule has 0 heterocycles. The lowest BCUT2D eigenvalue weighted by atomic mass is 9.96. The van der Waals surface area contributed by atoms with E-state index in [1.165, 1.54) is 16.7 Å². The number of nitrogens with one attached hydrogen (secondary N) is 2. The Morgan fingerprint density at radius 1 is 1.10 bits per heavy atom. The average Bonchev–Trinajstić information content (AvgIpc) is 2.49. The van der Waals surface area contributed by atoms with Gasteiger partial charge in [0.1, 0.15) is 5.75 Å². The fourth-order valence-electron chi connectivity index (χ4n) is 2.33. The van der Waals surface area contributed by atoms with Crippen molar-refractivity contribution in [1.29, 1.82) is 0 Å². The van der Waals surface area contributed by atoms with Crippen LogP contribution in [0.25, 0.3) is 0 Å². The van der Waals surface area contributed by atoms with Gasteiger partial charge < -0.3 is 10.2 Å². The minimum Gasteiger partial charge on any atom is -0.496 e. The smallest absolute Gasteiger partial charge is 0.122 e. The van der Waals surface area contributed by atoms with Gasteiger partial charge >= 0.3 is 0 Å². The maximum absolute atomic E-state index is 5.48. The highest BCUT2D eigenvalue weighted by Gasteiger charge is 2.10. The molecule has 0 fully saturated rings. The quantitative estimate of drug-likeness (QED) is 0.778. The summed E-state index contributed by atoms with van der Waals surface area (Å²) in [6.07, 6.45) is 0. The van der Waals surface area contributed by atoms with Crippen LogP contribution in [0.5, 0.6) is 5.75 Å². The van der Waals surface area contributed by atoms with Crippen molar-refractivity contribution in [2.45, 2.75) is 33.2 Å². The van der Waals surface area contributed by atoms with Crippen LogP contribution in [-0.2, 0) is 6.54 Å². The molecule has 0 spiro atoms. The third kappa shape index (κ3) is 3.99. The van der Waals surface area contributed by atoms with E-state index in [1.807, 2.05) is 30.3 Å². The molecule has 0 atom stereocenters. The van der Waals surface area contributed by atoms with Crippen molar-refractivity contribution in [3.63, 3.8) is 0 Å². The molecule has 0 aromatic heterocycles. The Morgan fingerprint density at radius 2 is 1.81 bits per heavy atom. The molecule has 0 unspecified atom stereocenters. The van der Waals surface area contributed by atoms with Gasteiger partial charge in [-0.15, -0.1) is 0 Å². The van der Waals surface area contributed by atoms with Gasteiger partial charge in [-0.2, -0.15) is 0 Å². The summed E-state index contributed by atoms with van der Waals surface area (Å²) < 4.78 is 5.48. The van der Waals surface area contributed by atoms with Crippen molar-refractivity contribution in [2.75, 3.05) is 12.5 Å². The number of hydrazine groups is 1. The first kappa shape index (κ1) is 15.4. The molecule has 2 aromatic rings. The molecule has 0 radical (unpaired) electrons. The molecule has 0 amide bonds. The van der Waals surface area contributed by atoms with E-state index in [9.17, 15) is 0 Å². The monoisotopic (exact) mass is 284 g/mol. The summed E-state index contributed by atoms with van der Waals surface area (Å²) in [4.78, 5) is 0. The molecule has 0 aliphatic heterocycles. The van der Waals surface area contributed by atoms with Crippen molar-refractivity contribution >= 4 is 5.69 Å². The number of aryl methyl sites for hydroxylation is 1. The maximum atomic E-state index is 5.48. The Labute approximate surface area is 127 Å². The summed E-state index contributed by atoms with van der Waals surface area (Å²) in [7, 11) is 1.73. The summed E-state index contributed by atoms with van der Waals surface area (Å²) in [5.41, 5.74) is 11.3. The lowest BCUT2D eigenvalue weighted by molar-refractivity contribution is 0.407. The number of benzene rings is 2. The van der Waals surface area contributed by atoms with E-state index in [-0.39, 0.29) is 0 Å². The second kappa shape index (κ2) is 7.14. The second-order valence-corrected chi connectivity index (χ2v) is 5.52. The van der Waals surface area contributed by atoms with Gasteiger partial charge in [0, 0.05) is 12.2 Å². The van der Waals surface area contributed by atoms with Crippen LogP contribution in [0, 0.1) is 6.92 Å². The van der Waals surface area contributed by atoms with Gasteiger partial charge in [-0.05, 0) is 47.7 Å². The van der Waals surface area contributed by atoms with Gasteiger partial charge in [0.05, 0.1) is 7.11 Å². The fraction of sp³-hybridized carbons (Fsp3) is 0.333. The Hall–Kier alpha value is -2.00. The molecule has 0 saturated carbocycles. The molecule has 0 aliphatic rings. The first-order valence-electron chi connectivity index (χ1n) is 7.33. The molecule has 2 aromatic carbocycles. The summed E-state index contributed by atoms with van der Waals surface area (Å²) in [6.45, 7) is 7.26. The van der Waals surface area contributed by atoms with Crippen LogP contribution < -0.4 is 15.6 Å². The minimum atomic E-state index is 0.446. The van der Waals surface area contributed by atoms with Crippen LogP contribution in [-0.4, -0.2) is 7.11 Å². The number of ether oxygens (including phenoxy) is 1. The van der Waals surface area contributed by atoms with Crippen LogP contribution in [0.2, 0.25) is 0 Å².